The van der Waals surface area contributed by atoms with Crippen LogP contribution in [0.2, 0.25) is 0 Å². The molecule has 1 amide bonds. The number of rotatable bonds is 5. The molecule has 30 heavy (non-hydrogen) atoms. The molecule has 2 fully saturated rings. The number of nitrogens with one attached hydrogen (secondary N) is 1. The maximum Gasteiger partial charge on any atom is 0.246 e. The Balaban J connectivity index is 1.33. The Hall–Kier alpha value is -2.41. The molecule has 3 heterocycles. The van der Waals surface area contributed by atoms with Crippen LogP contribution in [0.15, 0.2) is 12.1 Å². The Bertz CT molecular complexity index is 897. The lowest BCUT2D eigenvalue weighted by Gasteiger charge is -2.33. The molecule has 1 aliphatic heterocycles. The summed E-state index contributed by atoms with van der Waals surface area (Å²) < 4.78 is 2.49. The van der Waals surface area contributed by atoms with E-state index >= 15 is 0 Å². The topological polar surface area (TPSA) is 70.1 Å². The van der Waals surface area contributed by atoms with E-state index < -0.39 is 0 Å². The molecule has 0 unspecified atom stereocenters. The van der Waals surface area contributed by atoms with Gasteiger partial charge in [0.15, 0.2) is 5.82 Å². The van der Waals surface area contributed by atoms with Crippen molar-refractivity contribution < 1.29 is 4.79 Å². The van der Waals surface area contributed by atoms with Crippen molar-refractivity contribution in [2.45, 2.75) is 65.5 Å². The number of piperazine rings is 1. The largest absolute Gasteiger partial charge is 0.346 e. The van der Waals surface area contributed by atoms with Crippen molar-refractivity contribution in [3.8, 4) is 0 Å². The van der Waals surface area contributed by atoms with Crippen LogP contribution in [0.1, 0.15) is 66.7 Å². The molecule has 162 valence electrons. The summed E-state index contributed by atoms with van der Waals surface area (Å²) >= 11 is 0. The number of amides is 1. The van der Waals surface area contributed by atoms with Gasteiger partial charge in [0.05, 0.1) is 6.54 Å². The first-order valence-corrected chi connectivity index (χ1v) is 11.3. The number of nitrogens with zero attached hydrogens (tertiary/aromatic N) is 5. The van der Waals surface area contributed by atoms with Crippen molar-refractivity contribution >= 4 is 12.0 Å². The van der Waals surface area contributed by atoms with Crippen molar-refractivity contribution in [1.29, 1.82) is 0 Å². The molecule has 0 atom stereocenters. The number of hydrogen-bond donors (Lipinski definition) is 1. The fourth-order valence-corrected chi connectivity index (χ4v) is 4.93. The zero-order valence-corrected chi connectivity index (χ0v) is 18.5. The SMILES string of the molecule is Cc1nc(CN2CCN(C(=O)/C=C/c3cc(C)n(C4CCCCC4)c3C)CC2)n[nH]1. The van der Waals surface area contributed by atoms with Gasteiger partial charge in [0.25, 0.3) is 0 Å². The predicted octanol–water partition coefficient (Wildman–Crippen LogP) is 3.39. The van der Waals surface area contributed by atoms with Gasteiger partial charge in [-0.1, -0.05) is 19.3 Å². The van der Waals surface area contributed by atoms with Crippen molar-refractivity contribution in [1.82, 2.24) is 29.5 Å². The smallest absolute Gasteiger partial charge is 0.246 e. The van der Waals surface area contributed by atoms with E-state index in [1.807, 2.05) is 17.9 Å². The van der Waals surface area contributed by atoms with Crippen LogP contribution in [0.25, 0.3) is 6.08 Å². The number of aromatic nitrogens is 4. The third-order valence-corrected chi connectivity index (χ3v) is 6.56. The molecule has 2 aromatic heterocycles. The van der Waals surface area contributed by atoms with Gasteiger partial charge < -0.3 is 9.47 Å². The zero-order chi connectivity index (χ0) is 21.1. The van der Waals surface area contributed by atoms with E-state index in [4.69, 9.17) is 0 Å². The molecule has 0 radical (unpaired) electrons. The number of carbonyl (C=O) groups is 1. The average molecular weight is 411 g/mol. The average Bonchev–Trinajstić information content (AvgIpc) is 3.29. The van der Waals surface area contributed by atoms with Crippen LogP contribution in [0.4, 0.5) is 0 Å². The van der Waals surface area contributed by atoms with Crippen LogP contribution in [-0.4, -0.2) is 61.6 Å². The molecule has 0 spiro atoms. The van der Waals surface area contributed by atoms with Crippen molar-refractivity contribution in [3.63, 3.8) is 0 Å². The minimum atomic E-state index is 0.103. The van der Waals surface area contributed by atoms with E-state index in [-0.39, 0.29) is 5.91 Å². The lowest BCUT2D eigenvalue weighted by atomic mass is 9.95. The minimum absolute atomic E-state index is 0.103. The summed E-state index contributed by atoms with van der Waals surface area (Å²) in [6.45, 7) is 10.2. The molecule has 1 saturated carbocycles. The fourth-order valence-electron chi connectivity index (χ4n) is 4.93. The van der Waals surface area contributed by atoms with Crippen LogP contribution < -0.4 is 0 Å². The van der Waals surface area contributed by atoms with Crippen molar-refractivity contribution in [2.24, 2.45) is 0 Å². The second kappa shape index (κ2) is 9.16. The molecular weight excluding hydrogens is 376 g/mol. The fraction of sp³-hybridized carbons (Fsp3) is 0.609. The summed E-state index contributed by atoms with van der Waals surface area (Å²) in [7, 11) is 0. The Morgan fingerprint density at radius 1 is 1.13 bits per heavy atom. The molecule has 7 nitrogen and oxygen atoms in total. The molecular formula is C23H34N6O. The van der Waals surface area contributed by atoms with Gasteiger partial charge in [-0.2, -0.15) is 5.10 Å². The molecule has 0 bridgehead atoms. The standard InChI is InChI=1S/C23H34N6O/c1-17-15-20(18(2)29(17)21-7-5-4-6-8-21)9-10-23(30)28-13-11-27(12-14-28)16-22-24-19(3)25-26-22/h9-10,15,21H,4-8,11-14,16H2,1-3H3,(H,24,25,26)/b10-9+. The predicted molar refractivity (Wildman–Crippen MR) is 118 cm³/mol. The van der Waals surface area contributed by atoms with E-state index in [9.17, 15) is 4.79 Å². The first kappa shape index (κ1) is 20.8. The normalized spacial score (nSPS) is 19.1. The van der Waals surface area contributed by atoms with Crippen molar-refractivity contribution in [2.75, 3.05) is 26.2 Å². The first-order chi connectivity index (χ1) is 14.5. The Morgan fingerprint density at radius 2 is 1.87 bits per heavy atom. The molecule has 1 saturated heterocycles. The third-order valence-electron chi connectivity index (χ3n) is 6.56. The summed E-state index contributed by atoms with van der Waals surface area (Å²) in [6.07, 6.45) is 10.3. The molecule has 2 aliphatic rings. The van der Waals surface area contributed by atoms with E-state index in [0.29, 0.717) is 6.04 Å². The van der Waals surface area contributed by atoms with Crippen LogP contribution in [-0.2, 0) is 11.3 Å². The van der Waals surface area contributed by atoms with E-state index in [1.165, 1.54) is 49.1 Å². The molecule has 4 rings (SSSR count). The maximum atomic E-state index is 12.7. The molecule has 2 aromatic rings. The van der Waals surface area contributed by atoms with E-state index in [1.54, 1.807) is 6.08 Å². The highest BCUT2D eigenvalue weighted by Crippen LogP contribution is 2.32. The third kappa shape index (κ3) is 4.67. The van der Waals surface area contributed by atoms with Gasteiger partial charge in [0.1, 0.15) is 5.82 Å². The summed E-state index contributed by atoms with van der Waals surface area (Å²) in [5.41, 5.74) is 3.77. The van der Waals surface area contributed by atoms with Gasteiger partial charge in [-0.05, 0) is 51.3 Å². The van der Waals surface area contributed by atoms with Crippen LogP contribution in [0, 0.1) is 20.8 Å². The Morgan fingerprint density at radius 3 is 2.53 bits per heavy atom. The second-order valence-electron chi connectivity index (χ2n) is 8.76. The molecule has 0 aromatic carbocycles. The number of hydrogen-bond acceptors (Lipinski definition) is 4. The Kier molecular flexibility index (Phi) is 6.37. The highest BCUT2D eigenvalue weighted by atomic mass is 16.2. The van der Waals surface area contributed by atoms with Gasteiger partial charge >= 0.3 is 0 Å². The van der Waals surface area contributed by atoms with Crippen LogP contribution >= 0.6 is 0 Å². The lowest BCUT2D eigenvalue weighted by molar-refractivity contribution is -0.127. The summed E-state index contributed by atoms with van der Waals surface area (Å²) in [6, 6.07) is 2.85. The summed E-state index contributed by atoms with van der Waals surface area (Å²) in [5, 5.41) is 7.09. The van der Waals surface area contributed by atoms with Crippen LogP contribution in [0.3, 0.4) is 0 Å². The van der Waals surface area contributed by atoms with Gasteiger partial charge in [-0.25, -0.2) is 4.98 Å². The number of aromatic amines is 1. The summed E-state index contributed by atoms with van der Waals surface area (Å²) in [5.74, 6) is 1.76. The first-order valence-electron chi connectivity index (χ1n) is 11.3. The highest BCUT2D eigenvalue weighted by Gasteiger charge is 2.22. The second-order valence-corrected chi connectivity index (χ2v) is 8.76. The van der Waals surface area contributed by atoms with Gasteiger partial charge in [-0.3, -0.25) is 14.8 Å². The zero-order valence-electron chi connectivity index (χ0n) is 18.5. The van der Waals surface area contributed by atoms with Gasteiger partial charge in [-0.15, -0.1) is 0 Å². The maximum absolute atomic E-state index is 12.7. The lowest BCUT2D eigenvalue weighted by Crippen LogP contribution is -2.47. The minimum Gasteiger partial charge on any atom is -0.346 e. The van der Waals surface area contributed by atoms with E-state index in [0.717, 1.165) is 44.4 Å². The molecule has 1 N–H and O–H groups in total. The number of aryl methyl sites for hydroxylation is 2. The molecule has 7 heteroatoms. The summed E-state index contributed by atoms with van der Waals surface area (Å²) in [4.78, 5) is 21.3. The molecule has 1 aliphatic carbocycles. The number of carbonyl (C=O) groups excluding carboxylic acids is 1. The number of H-pyrrole nitrogens is 1. The highest BCUT2D eigenvalue weighted by molar-refractivity contribution is 5.92. The van der Waals surface area contributed by atoms with Gasteiger partial charge in [0, 0.05) is 49.7 Å². The Labute approximate surface area is 179 Å². The van der Waals surface area contributed by atoms with Crippen molar-refractivity contribution in [3.05, 3.63) is 40.7 Å². The monoisotopic (exact) mass is 410 g/mol. The van der Waals surface area contributed by atoms with Crippen LogP contribution in [0.5, 0.6) is 0 Å². The quantitative estimate of drug-likeness (QED) is 0.767. The van der Waals surface area contributed by atoms with E-state index in [2.05, 4.69) is 44.6 Å². The van der Waals surface area contributed by atoms with Gasteiger partial charge in [0.2, 0.25) is 5.91 Å².